The van der Waals surface area contributed by atoms with Crippen molar-refractivity contribution in [2.24, 2.45) is 0 Å². The van der Waals surface area contributed by atoms with E-state index in [9.17, 15) is 18.0 Å². The predicted molar refractivity (Wildman–Crippen MR) is 132 cm³/mol. The Morgan fingerprint density at radius 1 is 1.00 bits per heavy atom. The molecule has 1 N–H and O–H groups in total. The van der Waals surface area contributed by atoms with Crippen molar-refractivity contribution in [2.75, 3.05) is 24.2 Å². The van der Waals surface area contributed by atoms with Crippen LogP contribution >= 0.6 is 11.6 Å². The molecule has 0 aliphatic carbocycles. The van der Waals surface area contributed by atoms with Gasteiger partial charge in [-0.05, 0) is 30.0 Å². The number of anilines is 1. The minimum Gasteiger partial charge on any atom is -0.357 e. The Hall–Kier alpha value is -3.10. The quantitative estimate of drug-likeness (QED) is 0.527. The molecule has 2 amide bonds. The van der Waals surface area contributed by atoms with E-state index in [0.717, 1.165) is 15.9 Å². The first-order chi connectivity index (χ1) is 15.6. The predicted octanol–water partition coefficient (Wildman–Crippen LogP) is 3.42. The summed E-state index contributed by atoms with van der Waals surface area (Å²) in [4.78, 5) is 27.2. The molecule has 0 aromatic heterocycles. The molecule has 0 fully saturated rings. The summed E-state index contributed by atoms with van der Waals surface area (Å²) in [5, 5.41) is 4.55. The van der Waals surface area contributed by atoms with Crippen LogP contribution in [0.3, 0.4) is 0 Å². The summed E-state index contributed by atoms with van der Waals surface area (Å²) in [7, 11) is -2.33. The molecule has 1 atom stereocenters. The van der Waals surface area contributed by atoms with Gasteiger partial charge in [0.1, 0.15) is 12.6 Å². The van der Waals surface area contributed by atoms with Crippen molar-refractivity contribution in [2.45, 2.75) is 19.5 Å². The van der Waals surface area contributed by atoms with E-state index < -0.39 is 28.5 Å². The Morgan fingerprint density at radius 3 is 2.30 bits per heavy atom. The maximum atomic E-state index is 13.5. The number of amides is 2. The van der Waals surface area contributed by atoms with Gasteiger partial charge in [0.25, 0.3) is 0 Å². The minimum atomic E-state index is -3.81. The highest BCUT2D eigenvalue weighted by Gasteiger charge is 2.30. The van der Waals surface area contributed by atoms with Gasteiger partial charge in [-0.15, -0.1) is 0 Å². The molecule has 0 unspecified atom stereocenters. The van der Waals surface area contributed by atoms with Crippen LogP contribution in [0.5, 0.6) is 0 Å². The van der Waals surface area contributed by atoms with Crippen molar-refractivity contribution in [3.63, 3.8) is 0 Å². The number of hydrogen-bond donors (Lipinski definition) is 1. The van der Waals surface area contributed by atoms with Crippen molar-refractivity contribution < 1.29 is 18.0 Å². The maximum Gasteiger partial charge on any atom is 0.244 e. The van der Waals surface area contributed by atoms with Gasteiger partial charge in [-0.1, -0.05) is 66.2 Å². The van der Waals surface area contributed by atoms with Crippen LogP contribution in [0.2, 0.25) is 5.02 Å². The van der Waals surface area contributed by atoms with Gasteiger partial charge in [-0.2, -0.15) is 0 Å². The minimum absolute atomic E-state index is 0.0558. The number of fused-ring (bicyclic) bond motifs is 1. The number of nitrogens with zero attached hydrogens (tertiary/aromatic N) is 2. The molecule has 0 saturated heterocycles. The molecule has 33 heavy (non-hydrogen) atoms. The molecule has 174 valence electrons. The first kappa shape index (κ1) is 24.5. The summed E-state index contributed by atoms with van der Waals surface area (Å²) in [5.74, 6) is -0.893. The van der Waals surface area contributed by atoms with Crippen molar-refractivity contribution in [1.82, 2.24) is 10.2 Å². The van der Waals surface area contributed by atoms with Crippen LogP contribution in [-0.2, 0) is 26.2 Å². The van der Waals surface area contributed by atoms with Crippen LogP contribution in [0, 0.1) is 0 Å². The molecule has 0 heterocycles. The van der Waals surface area contributed by atoms with Crippen LogP contribution in [-0.4, -0.2) is 51.0 Å². The van der Waals surface area contributed by atoms with Gasteiger partial charge < -0.3 is 10.2 Å². The molecule has 0 aliphatic rings. The highest BCUT2D eigenvalue weighted by Crippen LogP contribution is 2.29. The second kappa shape index (κ2) is 10.2. The molecule has 9 heteroatoms. The molecule has 0 spiro atoms. The first-order valence-electron chi connectivity index (χ1n) is 10.3. The Bertz CT molecular complexity index is 1270. The number of hydrogen-bond acceptors (Lipinski definition) is 4. The van der Waals surface area contributed by atoms with Crippen LogP contribution in [0.1, 0.15) is 12.5 Å². The number of sulfonamides is 1. The molecule has 3 aromatic carbocycles. The third-order valence-corrected chi connectivity index (χ3v) is 6.92. The fourth-order valence-electron chi connectivity index (χ4n) is 3.62. The normalized spacial score (nSPS) is 12.2. The Balaban J connectivity index is 2.01. The van der Waals surface area contributed by atoms with Crippen molar-refractivity contribution >= 4 is 49.9 Å². The highest BCUT2D eigenvalue weighted by molar-refractivity contribution is 7.92. The summed E-state index contributed by atoms with van der Waals surface area (Å²) >= 11 is 6.29. The average molecular weight is 488 g/mol. The number of benzene rings is 3. The van der Waals surface area contributed by atoms with E-state index in [0.29, 0.717) is 21.7 Å². The van der Waals surface area contributed by atoms with Crippen LogP contribution in [0.4, 0.5) is 5.69 Å². The molecule has 3 rings (SSSR count). The fraction of sp³-hybridized carbons (Fsp3) is 0.250. The summed E-state index contributed by atoms with van der Waals surface area (Å²) in [6.45, 7) is 1.19. The SMILES string of the molecule is CNC(=O)[C@H](C)N(Cc1ccccc1Cl)C(=O)CN(c1cccc2ccccc12)S(C)(=O)=O. The zero-order valence-electron chi connectivity index (χ0n) is 18.7. The number of nitrogens with one attached hydrogen (secondary N) is 1. The molecule has 0 radical (unpaired) electrons. The highest BCUT2D eigenvalue weighted by atomic mass is 35.5. The van der Waals surface area contributed by atoms with Gasteiger partial charge in [0.05, 0.1) is 11.9 Å². The third kappa shape index (κ3) is 5.64. The lowest BCUT2D eigenvalue weighted by molar-refractivity contribution is -0.139. The smallest absolute Gasteiger partial charge is 0.244 e. The number of halogens is 1. The van der Waals surface area contributed by atoms with E-state index in [1.807, 2.05) is 30.3 Å². The first-order valence-corrected chi connectivity index (χ1v) is 12.6. The largest absolute Gasteiger partial charge is 0.357 e. The van der Waals surface area contributed by atoms with Gasteiger partial charge in [0.15, 0.2) is 0 Å². The van der Waals surface area contributed by atoms with E-state index in [-0.39, 0.29) is 12.5 Å². The Morgan fingerprint density at radius 2 is 1.64 bits per heavy atom. The summed E-state index contributed by atoms with van der Waals surface area (Å²) in [6.07, 6.45) is 1.06. The lowest BCUT2D eigenvalue weighted by Crippen LogP contribution is -2.50. The van der Waals surface area contributed by atoms with Gasteiger partial charge >= 0.3 is 0 Å². The molecular formula is C24H26ClN3O4S. The molecule has 0 saturated carbocycles. The molecular weight excluding hydrogens is 462 g/mol. The van der Waals surface area contributed by atoms with E-state index in [1.54, 1.807) is 43.3 Å². The molecule has 3 aromatic rings. The van der Waals surface area contributed by atoms with Gasteiger partial charge in [0.2, 0.25) is 21.8 Å². The third-order valence-electron chi connectivity index (χ3n) is 5.43. The lowest BCUT2D eigenvalue weighted by Gasteiger charge is -2.31. The van der Waals surface area contributed by atoms with Crippen molar-refractivity contribution in [1.29, 1.82) is 0 Å². The number of carbonyl (C=O) groups excluding carboxylic acids is 2. The summed E-state index contributed by atoms with van der Waals surface area (Å²) < 4.78 is 26.6. The Kier molecular flexibility index (Phi) is 7.61. The second-order valence-electron chi connectivity index (χ2n) is 7.67. The van der Waals surface area contributed by atoms with Gasteiger partial charge in [-0.25, -0.2) is 8.42 Å². The topological polar surface area (TPSA) is 86.8 Å². The summed E-state index contributed by atoms with van der Waals surface area (Å²) in [6, 6.07) is 18.8. The van der Waals surface area contributed by atoms with Gasteiger partial charge in [-0.3, -0.25) is 13.9 Å². The van der Waals surface area contributed by atoms with Crippen molar-refractivity contribution in [3.05, 3.63) is 77.3 Å². The lowest BCUT2D eigenvalue weighted by atomic mass is 10.1. The number of rotatable bonds is 8. The second-order valence-corrected chi connectivity index (χ2v) is 9.99. The average Bonchev–Trinajstić information content (AvgIpc) is 2.80. The zero-order valence-corrected chi connectivity index (χ0v) is 20.2. The van der Waals surface area contributed by atoms with E-state index in [2.05, 4.69) is 5.32 Å². The molecule has 7 nitrogen and oxygen atoms in total. The van der Waals surface area contributed by atoms with Crippen LogP contribution in [0.15, 0.2) is 66.7 Å². The fourth-order valence-corrected chi connectivity index (χ4v) is 4.68. The summed E-state index contributed by atoms with van der Waals surface area (Å²) in [5.41, 5.74) is 1.05. The standard InChI is InChI=1S/C24H26ClN3O4S/c1-17(24(30)26-2)27(15-19-10-5-7-13-21(19)25)23(29)16-28(33(3,31)32)22-14-8-11-18-9-4-6-12-20(18)22/h4-14,17H,15-16H2,1-3H3,(H,26,30)/t17-/m0/s1. The van der Waals surface area contributed by atoms with E-state index in [4.69, 9.17) is 11.6 Å². The van der Waals surface area contributed by atoms with Crippen molar-refractivity contribution in [3.8, 4) is 0 Å². The molecule has 0 bridgehead atoms. The molecule has 0 aliphatic heterocycles. The Labute approximate surface area is 199 Å². The van der Waals surface area contributed by atoms with Gasteiger partial charge in [0, 0.05) is 24.0 Å². The van der Waals surface area contributed by atoms with Crippen LogP contribution < -0.4 is 9.62 Å². The maximum absolute atomic E-state index is 13.5. The monoisotopic (exact) mass is 487 g/mol. The van der Waals surface area contributed by atoms with Crippen LogP contribution in [0.25, 0.3) is 10.8 Å². The van der Waals surface area contributed by atoms with E-state index >= 15 is 0 Å². The number of likely N-dealkylation sites (N-methyl/N-ethyl adjacent to an activating group) is 1. The van der Waals surface area contributed by atoms with E-state index in [1.165, 1.54) is 11.9 Å². The number of carbonyl (C=O) groups is 2. The zero-order chi connectivity index (χ0) is 24.2.